The largest absolute Gasteiger partial charge is 0.458 e. The highest BCUT2D eigenvalue weighted by molar-refractivity contribution is 5.99. The number of carbonyl (C=O) groups excluding carboxylic acids is 2. The quantitative estimate of drug-likeness (QED) is 0.475. The Morgan fingerprint density at radius 3 is 2.82 bits per heavy atom. The second-order valence-corrected chi connectivity index (χ2v) is 5.34. The zero-order chi connectivity index (χ0) is 12.2. The molecule has 3 aliphatic rings. The van der Waals surface area contributed by atoms with Crippen LogP contribution in [0.15, 0.2) is 23.3 Å². The van der Waals surface area contributed by atoms with Crippen LogP contribution in [-0.4, -0.2) is 17.9 Å². The van der Waals surface area contributed by atoms with Gasteiger partial charge < -0.3 is 4.74 Å². The van der Waals surface area contributed by atoms with Crippen LogP contribution in [0.1, 0.15) is 32.6 Å². The summed E-state index contributed by atoms with van der Waals surface area (Å²) in [6.45, 7) is 5.95. The lowest BCUT2D eigenvalue weighted by Gasteiger charge is -2.17. The van der Waals surface area contributed by atoms with Crippen molar-refractivity contribution in [1.82, 2.24) is 0 Å². The highest BCUT2D eigenvalue weighted by Gasteiger charge is 2.44. The van der Waals surface area contributed by atoms with E-state index in [1.165, 1.54) is 5.57 Å². The standard InChI is InChI=1S/C14H16O3/c1-7-5-13-10(8(2)14(16)17-13)6-11-9(7)3-4-12(11)15/h7,10,13H,2-6H2,1H3/t7-,10+,13-/m0/s1. The maximum absolute atomic E-state index is 11.9. The molecule has 0 radical (unpaired) electrons. The molecule has 1 heterocycles. The van der Waals surface area contributed by atoms with E-state index in [-0.39, 0.29) is 23.8 Å². The number of allylic oxidation sites excluding steroid dienone is 2. The lowest BCUT2D eigenvalue weighted by Crippen LogP contribution is -2.18. The Morgan fingerprint density at radius 1 is 1.29 bits per heavy atom. The normalized spacial score (nSPS) is 36.8. The first-order valence-electron chi connectivity index (χ1n) is 6.23. The second-order valence-electron chi connectivity index (χ2n) is 5.34. The molecule has 3 heteroatoms. The molecule has 0 saturated carbocycles. The Bertz CT molecular complexity index is 458. The minimum atomic E-state index is -0.276. The van der Waals surface area contributed by atoms with Crippen LogP contribution in [0.4, 0.5) is 0 Å². The summed E-state index contributed by atoms with van der Waals surface area (Å²) in [5.74, 6) is 0.367. The number of ether oxygens (including phenoxy) is 1. The second kappa shape index (κ2) is 3.56. The fourth-order valence-electron chi connectivity index (χ4n) is 3.37. The van der Waals surface area contributed by atoms with Crippen molar-refractivity contribution in [3.63, 3.8) is 0 Å². The average molecular weight is 232 g/mol. The lowest BCUT2D eigenvalue weighted by atomic mass is 9.89. The Hall–Kier alpha value is -1.38. The minimum Gasteiger partial charge on any atom is -0.458 e. The molecule has 0 aromatic heterocycles. The fraction of sp³-hybridized carbons (Fsp3) is 0.571. The first-order valence-corrected chi connectivity index (χ1v) is 6.23. The molecule has 2 aliphatic carbocycles. The summed E-state index contributed by atoms with van der Waals surface area (Å²) in [7, 11) is 0. The van der Waals surface area contributed by atoms with E-state index in [2.05, 4.69) is 13.5 Å². The number of Topliss-reactive ketones (excluding diaryl/α,β-unsaturated/α-hetero) is 1. The van der Waals surface area contributed by atoms with Crippen LogP contribution in [0, 0.1) is 11.8 Å². The van der Waals surface area contributed by atoms with Crippen molar-refractivity contribution in [2.24, 2.45) is 11.8 Å². The molecular formula is C14H16O3. The van der Waals surface area contributed by atoms with E-state index in [1.807, 2.05) is 0 Å². The summed E-state index contributed by atoms with van der Waals surface area (Å²) < 4.78 is 5.35. The monoisotopic (exact) mass is 232 g/mol. The van der Waals surface area contributed by atoms with Crippen LogP contribution in [0.5, 0.6) is 0 Å². The summed E-state index contributed by atoms with van der Waals surface area (Å²) in [4.78, 5) is 23.4. The summed E-state index contributed by atoms with van der Waals surface area (Å²) in [6, 6.07) is 0. The lowest BCUT2D eigenvalue weighted by molar-refractivity contribution is -0.139. The summed E-state index contributed by atoms with van der Waals surface area (Å²) in [5.41, 5.74) is 2.81. The average Bonchev–Trinajstić information content (AvgIpc) is 2.71. The number of carbonyl (C=O) groups is 2. The third-order valence-electron chi connectivity index (χ3n) is 4.37. The molecule has 0 amide bonds. The van der Waals surface area contributed by atoms with Gasteiger partial charge >= 0.3 is 5.97 Å². The van der Waals surface area contributed by atoms with Gasteiger partial charge in [-0.1, -0.05) is 19.1 Å². The predicted molar refractivity (Wildman–Crippen MR) is 62.2 cm³/mol. The van der Waals surface area contributed by atoms with Gasteiger partial charge in [0.1, 0.15) is 6.10 Å². The molecule has 90 valence electrons. The molecule has 17 heavy (non-hydrogen) atoms. The molecule has 0 aromatic carbocycles. The van der Waals surface area contributed by atoms with Crippen molar-refractivity contribution >= 4 is 11.8 Å². The SMILES string of the molecule is C=C1C(=O)O[C@H]2C[C@H](C)C3=C(C[C@H]12)C(=O)CC3. The van der Waals surface area contributed by atoms with Crippen molar-refractivity contribution in [3.8, 4) is 0 Å². The molecule has 3 atom stereocenters. The summed E-state index contributed by atoms with van der Waals surface area (Å²) in [6.07, 6.45) is 2.97. The first-order chi connectivity index (χ1) is 8.08. The topological polar surface area (TPSA) is 43.4 Å². The molecule has 0 spiro atoms. The van der Waals surface area contributed by atoms with Crippen LogP contribution in [0.2, 0.25) is 0 Å². The predicted octanol–water partition coefficient (Wildman–Crippen LogP) is 2.17. The Labute approximate surface area is 101 Å². The van der Waals surface area contributed by atoms with E-state index in [0.717, 1.165) is 18.4 Å². The maximum atomic E-state index is 11.9. The number of ketones is 1. The zero-order valence-electron chi connectivity index (χ0n) is 9.99. The first kappa shape index (κ1) is 10.8. The number of rotatable bonds is 0. The molecule has 1 aliphatic heterocycles. The number of fused-ring (bicyclic) bond motifs is 1. The van der Waals surface area contributed by atoms with Crippen LogP contribution >= 0.6 is 0 Å². The van der Waals surface area contributed by atoms with Gasteiger partial charge in [0.25, 0.3) is 0 Å². The van der Waals surface area contributed by atoms with Gasteiger partial charge in [-0.3, -0.25) is 4.79 Å². The molecule has 1 fully saturated rings. The van der Waals surface area contributed by atoms with Gasteiger partial charge in [-0.15, -0.1) is 0 Å². The van der Waals surface area contributed by atoms with Crippen LogP contribution in [-0.2, 0) is 14.3 Å². The zero-order valence-corrected chi connectivity index (χ0v) is 9.99. The third-order valence-corrected chi connectivity index (χ3v) is 4.37. The molecule has 0 aromatic rings. The van der Waals surface area contributed by atoms with Crippen LogP contribution in [0.25, 0.3) is 0 Å². The summed E-state index contributed by atoms with van der Waals surface area (Å²) >= 11 is 0. The van der Waals surface area contributed by atoms with Gasteiger partial charge in [-0.25, -0.2) is 4.79 Å². The Balaban J connectivity index is 1.98. The fourth-order valence-corrected chi connectivity index (χ4v) is 3.37. The van der Waals surface area contributed by atoms with E-state index in [9.17, 15) is 9.59 Å². The van der Waals surface area contributed by atoms with Crippen LogP contribution < -0.4 is 0 Å². The van der Waals surface area contributed by atoms with E-state index in [4.69, 9.17) is 4.74 Å². The molecular weight excluding hydrogens is 216 g/mol. The van der Waals surface area contributed by atoms with Gasteiger partial charge in [0, 0.05) is 17.9 Å². The van der Waals surface area contributed by atoms with Crippen molar-refractivity contribution in [1.29, 1.82) is 0 Å². The van der Waals surface area contributed by atoms with E-state index >= 15 is 0 Å². The molecule has 3 rings (SSSR count). The highest BCUT2D eigenvalue weighted by atomic mass is 16.6. The van der Waals surface area contributed by atoms with Gasteiger partial charge in [-0.2, -0.15) is 0 Å². The maximum Gasteiger partial charge on any atom is 0.334 e. The smallest absolute Gasteiger partial charge is 0.334 e. The van der Waals surface area contributed by atoms with E-state index < -0.39 is 0 Å². The molecule has 3 nitrogen and oxygen atoms in total. The van der Waals surface area contributed by atoms with Gasteiger partial charge in [0.2, 0.25) is 0 Å². The van der Waals surface area contributed by atoms with Gasteiger partial charge in [0.05, 0.1) is 0 Å². The van der Waals surface area contributed by atoms with E-state index in [1.54, 1.807) is 0 Å². The highest BCUT2D eigenvalue weighted by Crippen LogP contribution is 2.44. The molecule has 0 N–H and O–H groups in total. The minimum absolute atomic E-state index is 0.0273. The van der Waals surface area contributed by atoms with Crippen molar-refractivity contribution in [2.45, 2.75) is 38.7 Å². The number of esters is 1. The summed E-state index contributed by atoms with van der Waals surface area (Å²) in [5, 5.41) is 0. The van der Waals surface area contributed by atoms with Crippen molar-refractivity contribution in [3.05, 3.63) is 23.3 Å². The Morgan fingerprint density at radius 2 is 2.06 bits per heavy atom. The third kappa shape index (κ3) is 1.48. The van der Waals surface area contributed by atoms with Gasteiger partial charge in [0.15, 0.2) is 5.78 Å². The number of hydrogen-bond donors (Lipinski definition) is 0. The number of hydrogen-bond acceptors (Lipinski definition) is 3. The van der Waals surface area contributed by atoms with Crippen molar-refractivity contribution in [2.75, 3.05) is 0 Å². The van der Waals surface area contributed by atoms with Crippen molar-refractivity contribution < 1.29 is 14.3 Å². The molecule has 1 saturated heterocycles. The van der Waals surface area contributed by atoms with E-state index in [0.29, 0.717) is 24.3 Å². The molecule has 0 bridgehead atoms. The molecule has 0 unspecified atom stereocenters. The van der Waals surface area contributed by atoms with Gasteiger partial charge in [-0.05, 0) is 30.8 Å². The van der Waals surface area contributed by atoms with Crippen LogP contribution in [0.3, 0.4) is 0 Å². The Kier molecular flexibility index (Phi) is 2.25.